The lowest BCUT2D eigenvalue weighted by molar-refractivity contribution is -0.138. The number of hydrogen-bond donors (Lipinski definition) is 2. The smallest absolute Gasteiger partial charge is 0.303 e. The van der Waals surface area contributed by atoms with Gasteiger partial charge < -0.3 is 15.7 Å². The molecule has 1 rings (SSSR count). The van der Waals surface area contributed by atoms with E-state index in [2.05, 4.69) is 0 Å². The highest BCUT2D eigenvalue weighted by atomic mass is 32.2. The van der Waals surface area contributed by atoms with Gasteiger partial charge in [0.15, 0.2) is 0 Å². The SMILES string of the molecule is CS(=O)(=O)CCC(N)C(=O)N1CCC(CC(=O)O)CC1. The second-order valence-corrected chi connectivity index (χ2v) is 7.65. The Hall–Kier alpha value is -1.15. The molecule has 0 saturated carbocycles. The minimum atomic E-state index is -3.12. The Morgan fingerprint density at radius 1 is 1.35 bits per heavy atom. The number of hydrogen-bond acceptors (Lipinski definition) is 5. The summed E-state index contributed by atoms with van der Waals surface area (Å²) in [5.74, 6) is -1.07. The van der Waals surface area contributed by atoms with E-state index in [4.69, 9.17) is 10.8 Å². The summed E-state index contributed by atoms with van der Waals surface area (Å²) in [4.78, 5) is 24.2. The molecule has 1 fully saturated rings. The molecule has 7 nitrogen and oxygen atoms in total. The van der Waals surface area contributed by atoms with E-state index in [1.807, 2.05) is 0 Å². The van der Waals surface area contributed by atoms with E-state index >= 15 is 0 Å². The van der Waals surface area contributed by atoms with Crippen LogP contribution in [-0.2, 0) is 19.4 Å². The maximum absolute atomic E-state index is 12.0. The maximum Gasteiger partial charge on any atom is 0.303 e. The average molecular weight is 306 g/mol. The fraction of sp³-hybridized carbons (Fsp3) is 0.833. The first-order valence-corrected chi connectivity index (χ1v) is 8.69. The number of sulfone groups is 1. The number of carbonyl (C=O) groups excluding carboxylic acids is 1. The normalized spacial score (nSPS) is 18.8. The van der Waals surface area contributed by atoms with Gasteiger partial charge in [0.05, 0.1) is 11.8 Å². The van der Waals surface area contributed by atoms with Crippen molar-refractivity contribution in [2.24, 2.45) is 11.7 Å². The summed E-state index contributed by atoms with van der Waals surface area (Å²) in [5, 5.41) is 8.72. The number of carbonyl (C=O) groups is 2. The lowest BCUT2D eigenvalue weighted by Crippen LogP contribution is -2.47. The molecule has 116 valence electrons. The molecule has 1 unspecified atom stereocenters. The van der Waals surface area contributed by atoms with Crippen molar-refractivity contribution in [1.29, 1.82) is 0 Å². The summed E-state index contributed by atoms with van der Waals surface area (Å²) in [6, 6.07) is -0.805. The minimum absolute atomic E-state index is 0.101. The highest BCUT2D eigenvalue weighted by Gasteiger charge is 2.27. The van der Waals surface area contributed by atoms with Crippen molar-refractivity contribution < 1.29 is 23.1 Å². The third-order valence-corrected chi connectivity index (χ3v) is 4.48. The number of carboxylic acid groups (broad SMARTS) is 1. The molecule has 3 N–H and O–H groups in total. The fourth-order valence-corrected chi connectivity index (χ4v) is 2.99. The van der Waals surface area contributed by atoms with Gasteiger partial charge in [0.25, 0.3) is 0 Å². The van der Waals surface area contributed by atoms with E-state index in [1.165, 1.54) is 0 Å². The fourth-order valence-electron chi connectivity index (χ4n) is 2.30. The number of likely N-dealkylation sites (tertiary alicyclic amines) is 1. The molecule has 1 saturated heterocycles. The van der Waals surface area contributed by atoms with Crippen molar-refractivity contribution in [3.8, 4) is 0 Å². The van der Waals surface area contributed by atoms with Crippen LogP contribution in [0.25, 0.3) is 0 Å². The molecule has 0 aromatic rings. The molecule has 1 atom stereocenters. The van der Waals surface area contributed by atoms with Crippen molar-refractivity contribution in [1.82, 2.24) is 4.90 Å². The van der Waals surface area contributed by atoms with Crippen LogP contribution in [0.3, 0.4) is 0 Å². The van der Waals surface area contributed by atoms with E-state index in [0.717, 1.165) is 6.26 Å². The number of piperidine rings is 1. The van der Waals surface area contributed by atoms with Crippen molar-refractivity contribution >= 4 is 21.7 Å². The number of nitrogens with two attached hydrogens (primary N) is 1. The van der Waals surface area contributed by atoms with Crippen molar-refractivity contribution in [2.75, 3.05) is 25.1 Å². The predicted molar refractivity (Wildman–Crippen MR) is 73.9 cm³/mol. The van der Waals surface area contributed by atoms with E-state index < -0.39 is 21.8 Å². The topological polar surface area (TPSA) is 118 Å². The second-order valence-electron chi connectivity index (χ2n) is 5.39. The quantitative estimate of drug-likeness (QED) is 0.680. The van der Waals surface area contributed by atoms with Crippen molar-refractivity contribution in [3.63, 3.8) is 0 Å². The third kappa shape index (κ3) is 5.87. The van der Waals surface area contributed by atoms with Crippen LogP contribution < -0.4 is 5.73 Å². The second kappa shape index (κ2) is 7.03. The average Bonchev–Trinajstić information content (AvgIpc) is 2.34. The van der Waals surface area contributed by atoms with Gasteiger partial charge in [-0.05, 0) is 25.2 Å². The van der Waals surface area contributed by atoms with Crippen LogP contribution >= 0.6 is 0 Å². The Morgan fingerprint density at radius 2 is 1.90 bits per heavy atom. The van der Waals surface area contributed by atoms with Gasteiger partial charge in [-0.2, -0.15) is 0 Å². The Bertz CT molecular complexity index is 454. The van der Waals surface area contributed by atoms with Gasteiger partial charge in [0, 0.05) is 25.8 Å². The Labute approximate surface area is 119 Å². The van der Waals surface area contributed by atoms with E-state index in [0.29, 0.717) is 25.9 Å². The molecule has 1 heterocycles. The molecule has 0 bridgehead atoms. The van der Waals surface area contributed by atoms with E-state index in [-0.39, 0.29) is 30.4 Å². The first-order chi connectivity index (χ1) is 9.19. The molecule has 0 aliphatic carbocycles. The molecule has 0 spiro atoms. The number of nitrogens with zero attached hydrogens (tertiary/aromatic N) is 1. The van der Waals surface area contributed by atoms with Gasteiger partial charge in [-0.3, -0.25) is 9.59 Å². The molecule has 8 heteroatoms. The highest BCUT2D eigenvalue weighted by Crippen LogP contribution is 2.21. The van der Waals surface area contributed by atoms with Crippen LogP contribution in [0.4, 0.5) is 0 Å². The zero-order valence-corrected chi connectivity index (χ0v) is 12.4. The van der Waals surface area contributed by atoms with Gasteiger partial charge >= 0.3 is 5.97 Å². The molecule has 1 amide bonds. The van der Waals surface area contributed by atoms with Gasteiger partial charge in [-0.1, -0.05) is 0 Å². The van der Waals surface area contributed by atoms with Gasteiger partial charge in [-0.15, -0.1) is 0 Å². The summed E-state index contributed by atoms with van der Waals surface area (Å²) >= 11 is 0. The minimum Gasteiger partial charge on any atom is -0.481 e. The molecule has 1 aliphatic heterocycles. The third-order valence-electron chi connectivity index (χ3n) is 3.51. The molecular weight excluding hydrogens is 284 g/mol. The number of amides is 1. The van der Waals surface area contributed by atoms with Crippen LogP contribution in [0.1, 0.15) is 25.7 Å². The Kier molecular flexibility index (Phi) is 5.94. The largest absolute Gasteiger partial charge is 0.481 e. The van der Waals surface area contributed by atoms with Crippen LogP contribution in [0.15, 0.2) is 0 Å². The van der Waals surface area contributed by atoms with Crippen LogP contribution in [0.2, 0.25) is 0 Å². The molecule has 0 aromatic heterocycles. The zero-order valence-electron chi connectivity index (χ0n) is 11.6. The predicted octanol–water partition coefficient (Wildman–Crippen LogP) is -0.538. The Balaban J connectivity index is 2.40. The van der Waals surface area contributed by atoms with Gasteiger partial charge in [0.2, 0.25) is 5.91 Å². The first kappa shape index (κ1) is 16.9. The van der Waals surface area contributed by atoms with Gasteiger partial charge in [-0.25, -0.2) is 8.42 Å². The van der Waals surface area contributed by atoms with Crippen LogP contribution in [0, 0.1) is 5.92 Å². The van der Waals surface area contributed by atoms with Gasteiger partial charge in [0.1, 0.15) is 9.84 Å². The summed E-state index contributed by atoms with van der Waals surface area (Å²) in [6.45, 7) is 0.979. The first-order valence-electron chi connectivity index (χ1n) is 6.63. The van der Waals surface area contributed by atoms with E-state index in [1.54, 1.807) is 4.90 Å². The summed E-state index contributed by atoms with van der Waals surface area (Å²) < 4.78 is 22.1. The van der Waals surface area contributed by atoms with Crippen LogP contribution in [0.5, 0.6) is 0 Å². The summed E-state index contributed by atoms with van der Waals surface area (Å²) in [6.07, 6.45) is 2.66. The number of carboxylic acids is 1. The molecular formula is C12H22N2O5S. The monoisotopic (exact) mass is 306 g/mol. The molecule has 0 aromatic carbocycles. The number of rotatable bonds is 6. The maximum atomic E-state index is 12.0. The molecule has 20 heavy (non-hydrogen) atoms. The zero-order chi connectivity index (χ0) is 15.3. The van der Waals surface area contributed by atoms with Crippen LogP contribution in [-0.4, -0.2) is 61.4 Å². The number of aliphatic carboxylic acids is 1. The lowest BCUT2D eigenvalue weighted by atomic mass is 9.93. The van der Waals surface area contributed by atoms with Crippen molar-refractivity contribution in [3.05, 3.63) is 0 Å². The molecule has 0 radical (unpaired) electrons. The Morgan fingerprint density at radius 3 is 2.35 bits per heavy atom. The van der Waals surface area contributed by atoms with E-state index in [9.17, 15) is 18.0 Å². The standard InChI is InChI=1S/C12H22N2O5S/c1-20(18,19)7-4-10(13)12(17)14-5-2-9(3-6-14)8-11(15)16/h9-10H,2-8,13H2,1H3,(H,15,16). The highest BCUT2D eigenvalue weighted by molar-refractivity contribution is 7.90. The van der Waals surface area contributed by atoms with Crippen molar-refractivity contribution in [2.45, 2.75) is 31.7 Å². The summed E-state index contributed by atoms with van der Waals surface area (Å²) in [5.41, 5.74) is 5.72. The molecule has 1 aliphatic rings. The lowest BCUT2D eigenvalue weighted by Gasteiger charge is -2.33. The summed E-state index contributed by atoms with van der Waals surface area (Å²) in [7, 11) is -3.12.